The average molecular weight is 194 g/mol. The molecule has 0 spiro atoms. The average Bonchev–Trinajstić information content (AvgIpc) is 2.75. The van der Waals surface area contributed by atoms with Crippen molar-refractivity contribution in [1.29, 1.82) is 0 Å². The summed E-state index contributed by atoms with van der Waals surface area (Å²) < 4.78 is 13.6. The lowest BCUT2D eigenvalue weighted by Crippen LogP contribution is -2.07. The molecule has 0 aliphatic heterocycles. The fraction of sp³-hybridized carbons (Fsp3) is 0.333. The first-order valence-corrected chi connectivity index (χ1v) is 4.28. The van der Waals surface area contributed by atoms with Gasteiger partial charge >= 0.3 is 0 Å². The lowest BCUT2D eigenvalue weighted by Gasteiger charge is -2.07. The zero-order valence-electron chi connectivity index (χ0n) is 8.71. The van der Waals surface area contributed by atoms with Crippen LogP contribution in [-0.4, -0.2) is 19.8 Å². The van der Waals surface area contributed by atoms with E-state index < -0.39 is 6.10 Å². The molecule has 2 heterocycles. The van der Waals surface area contributed by atoms with Gasteiger partial charge in [0.25, 0.3) is 0 Å². The van der Waals surface area contributed by atoms with Crippen LogP contribution < -0.4 is 0 Å². The van der Waals surface area contributed by atoms with Gasteiger partial charge < -0.3 is 14.2 Å². The minimum atomic E-state index is -0.623. The maximum absolute atomic E-state index is 9.41. The van der Waals surface area contributed by atoms with Crippen LogP contribution in [0.3, 0.4) is 0 Å². The summed E-state index contributed by atoms with van der Waals surface area (Å²) in [6, 6.07) is 1.53. The predicted molar refractivity (Wildman–Crippen MR) is 48.5 cm³/mol. The summed E-state index contributed by atoms with van der Waals surface area (Å²) in [7, 11) is 0. The molecule has 0 saturated heterocycles. The van der Waals surface area contributed by atoms with Gasteiger partial charge in [-0.25, -0.2) is 4.98 Å². The van der Waals surface area contributed by atoms with Gasteiger partial charge in [0.15, 0.2) is 0 Å². The van der Waals surface area contributed by atoms with Gasteiger partial charge in [0.2, 0.25) is 0 Å². The molecule has 0 aromatic carbocycles. The van der Waals surface area contributed by atoms with Gasteiger partial charge in [0.1, 0.15) is 25.2 Å². The highest BCUT2D eigenvalue weighted by molar-refractivity contribution is 5.02. The minimum absolute atomic E-state index is 0.0312. The number of aliphatic hydroxyl groups is 1. The second-order valence-corrected chi connectivity index (χ2v) is 3.03. The summed E-state index contributed by atoms with van der Waals surface area (Å²) in [4.78, 5) is 4.03. The van der Waals surface area contributed by atoms with Gasteiger partial charge in [-0.3, -0.25) is 0 Å². The van der Waals surface area contributed by atoms with E-state index >= 15 is 0 Å². The molecule has 2 aromatic rings. The highest BCUT2D eigenvalue weighted by Crippen LogP contribution is 2.10. The first kappa shape index (κ1) is 7.75. The molecule has 0 aliphatic carbocycles. The minimum Gasteiger partial charge on any atom is -0.385 e. The van der Waals surface area contributed by atoms with Crippen LogP contribution in [0, 0.1) is 0 Å². The molecule has 0 fully saturated rings. The van der Waals surface area contributed by atoms with Gasteiger partial charge in [-0.05, 0) is 6.92 Å². The summed E-state index contributed by atoms with van der Waals surface area (Å²) in [5.74, 6) is 0.574. The Bertz CT molecular complexity index is 450. The van der Waals surface area contributed by atoms with Crippen LogP contribution in [0.5, 0.6) is 0 Å². The second kappa shape index (κ2) is 3.63. The number of imidazole rings is 1. The van der Waals surface area contributed by atoms with E-state index in [9.17, 15) is 5.11 Å². The van der Waals surface area contributed by atoms with Crippen molar-refractivity contribution in [3.63, 3.8) is 0 Å². The third-order valence-corrected chi connectivity index (χ3v) is 1.89. The molecule has 0 bridgehead atoms. The molecule has 1 atom stereocenters. The number of hydrogen-bond acceptors (Lipinski definition) is 4. The molecule has 2 aromatic heterocycles. The molecule has 2 rings (SSSR count). The molecular formula is C9H11N3O2. The van der Waals surface area contributed by atoms with Crippen molar-refractivity contribution >= 4 is 0 Å². The Labute approximate surface area is 82.4 Å². The van der Waals surface area contributed by atoms with Crippen molar-refractivity contribution in [3.8, 4) is 0 Å². The predicted octanol–water partition coefficient (Wildman–Crippen LogP) is 0.973. The number of aliphatic hydroxyl groups excluding tert-OH is 1. The fourth-order valence-corrected chi connectivity index (χ4v) is 1.28. The smallest absolute Gasteiger partial charge is 0.137 e. The van der Waals surface area contributed by atoms with E-state index in [2.05, 4.69) is 14.7 Å². The fourth-order valence-electron chi connectivity index (χ4n) is 1.28. The first-order valence-electron chi connectivity index (χ1n) is 4.78. The van der Waals surface area contributed by atoms with Crippen LogP contribution in [-0.2, 0) is 6.54 Å². The molecule has 5 heteroatoms. The molecule has 1 unspecified atom stereocenters. The molecule has 14 heavy (non-hydrogen) atoms. The molecular weight excluding hydrogens is 182 g/mol. The lowest BCUT2D eigenvalue weighted by molar-refractivity contribution is 0.184. The molecule has 5 nitrogen and oxygen atoms in total. The number of hydrogen-bond donors (Lipinski definition) is 1. The third-order valence-electron chi connectivity index (χ3n) is 1.89. The standard InChI is InChI=1S/C9H11N3O2/c1-7(13)9-10-3-4-12(9)6-8-2-5-14-11-8/h2-5,7,13H,6H2,1H3/i5D. The maximum atomic E-state index is 9.41. The Morgan fingerprint density at radius 3 is 3.29 bits per heavy atom. The molecule has 1 N–H and O–H groups in total. The van der Waals surface area contributed by atoms with E-state index in [1.807, 2.05) is 0 Å². The number of rotatable bonds is 3. The zero-order chi connectivity index (χ0) is 10.8. The first-order chi connectivity index (χ1) is 7.16. The largest absolute Gasteiger partial charge is 0.385 e. The van der Waals surface area contributed by atoms with Crippen LogP contribution >= 0.6 is 0 Å². The SMILES string of the molecule is [2H]c1cc(Cn2ccnc2C(C)O)no1. The highest BCUT2D eigenvalue weighted by atomic mass is 16.5. The molecule has 0 aliphatic rings. The topological polar surface area (TPSA) is 64.1 Å². The van der Waals surface area contributed by atoms with E-state index in [-0.39, 0.29) is 6.24 Å². The van der Waals surface area contributed by atoms with Crippen molar-refractivity contribution in [2.24, 2.45) is 0 Å². The van der Waals surface area contributed by atoms with Crippen molar-refractivity contribution in [2.45, 2.75) is 19.6 Å². The summed E-state index contributed by atoms with van der Waals surface area (Å²) in [6.07, 6.45) is 2.77. The quantitative estimate of drug-likeness (QED) is 0.790. The molecule has 0 amide bonds. The van der Waals surface area contributed by atoms with E-state index in [0.717, 1.165) is 0 Å². The van der Waals surface area contributed by atoms with Crippen molar-refractivity contribution in [1.82, 2.24) is 14.7 Å². The maximum Gasteiger partial charge on any atom is 0.137 e. The number of aromatic nitrogens is 3. The van der Waals surface area contributed by atoms with E-state index in [1.54, 1.807) is 23.9 Å². The molecule has 0 radical (unpaired) electrons. The Hall–Kier alpha value is -1.62. The third kappa shape index (κ3) is 1.67. The van der Waals surface area contributed by atoms with Crippen LogP contribution in [0.4, 0.5) is 0 Å². The lowest BCUT2D eigenvalue weighted by atomic mass is 10.3. The highest BCUT2D eigenvalue weighted by Gasteiger charge is 2.09. The number of nitrogens with zero attached hydrogens (tertiary/aromatic N) is 3. The molecule has 74 valence electrons. The summed E-state index contributed by atoms with van der Waals surface area (Å²) in [5.41, 5.74) is 0.639. The monoisotopic (exact) mass is 194 g/mol. The van der Waals surface area contributed by atoms with Crippen molar-refractivity contribution in [2.75, 3.05) is 0 Å². The normalized spacial score (nSPS) is 14.0. The van der Waals surface area contributed by atoms with Gasteiger partial charge in [-0.1, -0.05) is 5.16 Å². The van der Waals surface area contributed by atoms with Crippen LogP contribution in [0.2, 0.25) is 0 Å². The van der Waals surface area contributed by atoms with Gasteiger partial charge in [0.05, 0.1) is 6.54 Å². The van der Waals surface area contributed by atoms with Crippen molar-refractivity contribution < 1.29 is 11.0 Å². The van der Waals surface area contributed by atoms with E-state index in [0.29, 0.717) is 18.1 Å². The van der Waals surface area contributed by atoms with Gasteiger partial charge in [0, 0.05) is 18.5 Å². The summed E-state index contributed by atoms with van der Waals surface area (Å²) in [5, 5.41) is 13.1. The van der Waals surface area contributed by atoms with E-state index in [1.165, 1.54) is 6.07 Å². The molecule has 0 saturated carbocycles. The Morgan fingerprint density at radius 1 is 1.79 bits per heavy atom. The van der Waals surface area contributed by atoms with Gasteiger partial charge in [-0.15, -0.1) is 0 Å². The van der Waals surface area contributed by atoms with Gasteiger partial charge in [-0.2, -0.15) is 0 Å². The van der Waals surface area contributed by atoms with Crippen LogP contribution in [0.25, 0.3) is 0 Å². The van der Waals surface area contributed by atoms with Crippen LogP contribution in [0.1, 0.15) is 25.9 Å². The zero-order valence-corrected chi connectivity index (χ0v) is 7.71. The van der Waals surface area contributed by atoms with E-state index in [4.69, 9.17) is 1.37 Å². The summed E-state index contributed by atoms with van der Waals surface area (Å²) in [6.45, 7) is 2.10. The Kier molecular flexibility index (Phi) is 2.01. The Morgan fingerprint density at radius 2 is 2.64 bits per heavy atom. The summed E-state index contributed by atoms with van der Waals surface area (Å²) >= 11 is 0. The van der Waals surface area contributed by atoms with Crippen molar-refractivity contribution in [3.05, 3.63) is 36.2 Å². The Balaban J connectivity index is 2.20. The second-order valence-electron chi connectivity index (χ2n) is 3.03. The van der Waals surface area contributed by atoms with Crippen LogP contribution in [0.15, 0.2) is 29.2 Å².